The Balaban J connectivity index is 4.98. The highest BCUT2D eigenvalue weighted by atomic mass is 16.5. The Kier molecular flexibility index (Phi) is 47.8. The number of ether oxygens (including phenoxy) is 1. The summed E-state index contributed by atoms with van der Waals surface area (Å²) in [5.74, 6) is -0.273. The van der Waals surface area contributed by atoms with Gasteiger partial charge in [0.1, 0.15) is 24.3 Å². The number of Topliss-reactive ketones (excluding diaryl/α,β-unsaturated/α-hetero) is 2. The molecule has 0 aromatic carbocycles. The molecule has 0 aliphatic rings. The minimum Gasteiger partial charge on any atom is -0.463 e. The lowest BCUT2D eigenvalue weighted by Gasteiger charge is -2.18. The van der Waals surface area contributed by atoms with E-state index >= 15 is 0 Å². The minimum atomic E-state index is -1.09. The Morgan fingerprint density at radius 1 is 0.429 bits per heavy atom. The second-order valence-electron chi connectivity index (χ2n) is 18.9. The molecule has 0 bridgehead atoms. The number of hydrogen-bond donors (Lipinski definition) is 2. The molecule has 0 aromatic heterocycles. The fourth-order valence-electron chi connectivity index (χ4n) is 8.45. The van der Waals surface area contributed by atoms with Crippen LogP contribution in [0.3, 0.4) is 0 Å². The van der Waals surface area contributed by atoms with E-state index in [-0.39, 0.29) is 30.6 Å². The molecule has 3 atom stereocenters. The van der Waals surface area contributed by atoms with Gasteiger partial charge in [0, 0.05) is 31.1 Å². The first-order valence-corrected chi connectivity index (χ1v) is 27.4. The molecule has 0 saturated carbocycles. The van der Waals surface area contributed by atoms with Gasteiger partial charge in [-0.2, -0.15) is 0 Å². The van der Waals surface area contributed by atoms with Crippen molar-refractivity contribution in [3.8, 4) is 0 Å². The van der Waals surface area contributed by atoms with Gasteiger partial charge in [-0.3, -0.25) is 14.4 Å². The molecule has 3 unspecified atom stereocenters. The third kappa shape index (κ3) is 43.6. The van der Waals surface area contributed by atoms with Gasteiger partial charge in [0.05, 0.1) is 6.61 Å². The molecule has 0 radical (unpaired) electrons. The lowest BCUT2D eigenvalue weighted by molar-refractivity contribution is -0.147. The third-order valence-corrected chi connectivity index (χ3v) is 12.7. The number of carbonyl (C=O) groups excluding carboxylic acids is 3. The topological polar surface area (TPSA) is 101 Å². The van der Waals surface area contributed by atoms with Gasteiger partial charge in [-0.15, -0.1) is 0 Å². The van der Waals surface area contributed by atoms with Gasteiger partial charge in [0.25, 0.3) is 0 Å². The Morgan fingerprint density at radius 2 is 0.810 bits per heavy atom. The van der Waals surface area contributed by atoms with E-state index in [1.165, 1.54) is 154 Å². The van der Waals surface area contributed by atoms with Crippen LogP contribution in [0.5, 0.6) is 0 Å². The van der Waals surface area contributed by atoms with E-state index in [0.29, 0.717) is 31.5 Å². The first kappa shape index (κ1) is 60.9. The molecule has 0 fully saturated rings. The largest absolute Gasteiger partial charge is 0.463 e. The van der Waals surface area contributed by atoms with E-state index < -0.39 is 18.7 Å². The molecule has 0 heterocycles. The highest BCUT2D eigenvalue weighted by Gasteiger charge is 2.22. The van der Waals surface area contributed by atoms with E-state index in [9.17, 15) is 19.5 Å². The van der Waals surface area contributed by atoms with Crippen LogP contribution in [0, 0.1) is 11.8 Å². The number of carbonyl (C=O) groups is 3. The maximum atomic E-state index is 13.6. The molecule has 0 spiro atoms. The molecule has 0 rings (SSSR count). The number of hydrogen-bond acceptors (Lipinski definition) is 6. The maximum absolute atomic E-state index is 13.6. The van der Waals surface area contributed by atoms with Crippen molar-refractivity contribution < 1.29 is 29.3 Å². The Labute approximate surface area is 390 Å². The van der Waals surface area contributed by atoms with Gasteiger partial charge >= 0.3 is 5.97 Å². The van der Waals surface area contributed by atoms with Crippen LogP contribution in [0.2, 0.25) is 0 Å². The van der Waals surface area contributed by atoms with Crippen LogP contribution in [-0.4, -0.2) is 47.1 Å². The van der Waals surface area contributed by atoms with Crippen molar-refractivity contribution in [2.45, 2.75) is 284 Å². The first-order chi connectivity index (χ1) is 30.9. The average molecular weight is 885 g/mol. The summed E-state index contributed by atoms with van der Waals surface area (Å²) in [6, 6.07) is 0. The summed E-state index contributed by atoms with van der Waals surface area (Å²) in [7, 11) is 0. The van der Waals surface area contributed by atoms with Crippen molar-refractivity contribution in [3.63, 3.8) is 0 Å². The highest BCUT2D eigenvalue weighted by Crippen LogP contribution is 2.24. The summed E-state index contributed by atoms with van der Waals surface area (Å²) in [6.45, 7) is 6.07. The molecule has 0 saturated heterocycles. The summed E-state index contributed by atoms with van der Waals surface area (Å²) >= 11 is 0. The van der Waals surface area contributed by atoms with Crippen molar-refractivity contribution in [3.05, 3.63) is 36.5 Å². The summed E-state index contributed by atoms with van der Waals surface area (Å²) in [6.07, 6.45) is 57.1. The number of allylic oxidation sites excluding steroid dienone is 6. The van der Waals surface area contributed by atoms with Crippen LogP contribution >= 0.6 is 0 Å². The van der Waals surface area contributed by atoms with Crippen molar-refractivity contribution in [2.75, 3.05) is 13.2 Å². The van der Waals surface area contributed by atoms with Gasteiger partial charge < -0.3 is 14.9 Å². The smallest absolute Gasteiger partial charge is 0.305 e. The number of unbranched alkanes of at least 4 members (excludes halogenated alkanes) is 28. The van der Waals surface area contributed by atoms with E-state index in [0.717, 1.165) is 70.6 Å². The van der Waals surface area contributed by atoms with Crippen molar-refractivity contribution in [1.29, 1.82) is 0 Å². The Bertz CT molecular complexity index is 1090. The minimum absolute atomic E-state index is 0.108. The molecule has 6 nitrogen and oxygen atoms in total. The summed E-state index contributed by atoms with van der Waals surface area (Å²) in [5.41, 5.74) is 0. The zero-order valence-corrected chi connectivity index (χ0v) is 41.9. The fraction of sp³-hybridized carbons (Fsp3) is 0.842. The van der Waals surface area contributed by atoms with Crippen LogP contribution in [-0.2, 0) is 19.1 Å². The summed E-state index contributed by atoms with van der Waals surface area (Å²) in [5, 5.41) is 18.7. The predicted molar refractivity (Wildman–Crippen MR) is 270 cm³/mol. The van der Waals surface area contributed by atoms with Gasteiger partial charge in [-0.25, -0.2) is 0 Å². The van der Waals surface area contributed by atoms with E-state index in [1.54, 1.807) is 0 Å². The lowest BCUT2D eigenvalue weighted by Crippen LogP contribution is -2.23. The number of aliphatic hydroxyl groups is 2. The number of rotatable bonds is 50. The number of aliphatic hydroxyl groups excluding tert-OH is 2. The monoisotopic (exact) mass is 885 g/mol. The molecular weight excluding hydrogens is 781 g/mol. The van der Waals surface area contributed by atoms with Gasteiger partial charge in [0.2, 0.25) is 0 Å². The Hall–Kier alpha value is -2.05. The van der Waals surface area contributed by atoms with Crippen LogP contribution in [0.15, 0.2) is 36.5 Å². The summed E-state index contributed by atoms with van der Waals surface area (Å²) < 4.78 is 5.16. The van der Waals surface area contributed by atoms with Crippen LogP contribution < -0.4 is 0 Å². The molecule has 6 heteroatoms. The second kappa shape index (κ2) is 49.4. The van der Waals surface area contributed by atoms with E-state index in [4.69, 9.17) is 9.84 Å². The van der Waals surface area contributed by atoms with E-state index in [1.807, 2.05) is 0 Å². The fourth-order valence-corrected chi connectivity index (χ4v) is 8.45. The molecular formula is C57H104O6. The first-order valence-electron chi connectivity index (χ1n) is 27.4. The predicted octanol–water partition coefficient (Wildman–Crippen LogP) is 16.6. The molecule has 63 heavy (non-hydrogen) atoms. The number of esters is 1. The molecule has 0 aliphatic heterocycles. The van der Waals surface area contributed by atoms with Crippen molar-refractivity contribution in [2.24, 2.45) is 11.8 Å². The molecule has 0 amide bonds. The SMILES string of the molecule is CCCCCCCCC=CCCCCCCCC(=O)C(C=CCCCCCCCC)CCCC(CCC(=O)OCC(O)CO)C(=O)CCCCCCCC=CCCCCCCCC. The standard InChI is InChI=1S/C57H104O6/c1-4-7-10-13-16-19-21-23-25-27-29-31-34-37-40-46-55(60)52(43-39-36-33-18-15-12-9-6-3)44-42-45-53(48-49-57(62)63-51-54(59)50-58)56(61)47-41-38-35-32-30-28-26-24-22-20-17-14-11-8-5-2/h23-26,39,43,52-54,58-59H,4-22,27-38,40-42,44-51H2,1-3H3. The zero-order valence-electron chi connectivity index (χ0n) is 41.9. The quantitative estimate of drug-likeness (QED) is 0.0358. The molecule has 368 valence electrons. The van der Waals surface area contributed by atoms with Gasteiger partial charge in [-0.05, 0) is 96.3 Å². The zero-order chi connectivity index (χ0) is 46.1. The van der Waals surface area contributed by atoms with Crippen LogP contribution in [0.4, 0.5) is 0 Å². The third-order valence-electron chi connectivity index (χ3n) is 12.7. The maximum Gasteiger partial charge on any atom is 0.305 e. The van der Waals surface area contributed by atoms with Gasteiger partial charge in [-0.1, -0.05) is 198 Å². The molecule has 2 N–H and O–H groups in total. The number of ketones is 2. The van der Waals surface area contributed by atoms with Crippen LogP contribution in [0.25, 0.3) is 0 Å². The second-order valence-corrected chi connectivity index (χ2v) is 18.9. The van der Waals surface area contributed by atoms with Crippen molar-refractivity contribution in [1.82, 2.24) is 0 Å². The Morgan fingerprint density at radius 3 is 1.24 bits per heavy atom. The molecule has 0 aromatic rings. The van der Waals surface area contributed by atoms with Crippen LogP contribution in [0.1, 0.15) is 278 Å². The normalized spacial score (nSPS) is 13.4. The van der Waals surface area contributed by atoms with Gasteiger partial charge in [0.15, 0.2) is 0 Å². The summed E-state index contributed by atoms with van der Waals surface area (Å²) in [4.78, 5) is 39.7. The van der Waals surface area contributed by atoms with Crippen molar-refractivity contribution >= 4 is 17.5 Å². The molecule has 0 aliphatic carbocycles. The van der Waals surface area contributed by atoms with E-state index in [2.05, 4.69) is 57.2 Å². The average Bonchev–Trinajstić information content (AvgIpc) is 3.29. The lowest BCUT2D eigenvalue weighted by atomic mass is 9.86. The highest BCUT2D eigenvalue weighted by molar-refractivity contribution is 5.83.